The van der Waals surface area contributed by atoms with E-state index >= 15 is 0 Å². The van der Waals surface area contributed by atoms with Crippen molar-refractivity contribution in [3.63, 3.8) is 0 Å². The molecule has 0 atom stereocenters. The average Bonchev–Trinajstić information content (AvgIpc) is 2.43. The first kappa shape index (κ1) is 18.5. The third-order valence-corrected chi connectivity index (χ3v) is 2.91. The second kappa shape index (κ2) is 15.6. The summed E-state index contributed by atoms with van der Waals surface area (Å²) >= 11 is 0. The molecule has 0 rings (SSSR count). The monoisotopic (exact) mass is 276 g/mol. The summed E-state index contributed by atoms with van der Waals surface area (Å²) in [6, 6.07) is 0. The maximum Gasteiger partial charge on any atom is 0.303 e. The summed E-state index contributed by atoms with van der Waals surface area (Å²) < 4.78 is 0. The second-order valence-corrected chi connectivity index (χ2v) is 4.89. The van der Waals surface area contributed by atoms with Gasteiger partial charge in [-0.2, -0.15) is 0 Å². The van der Waals surface area contributed by atoms with Crippen molar-refractivity contribution in [3.05, 3.63) is 24.3 Å². The van der Waals surface area contributed by atoms with Gasteiger partial charge < -0.3 is 5.11 Å². The Bertz CT molecular complexity index is 342. The molecule has 0 aliphatic heterocycles. The van der Waals surface area contributed by atoms with Gasteiger partial charge in [-0.1, -0.05) is 62.7 Å². The Morgan fingerprint density at radius 3 is 2.50 bits per heavy atom. The highest BCUT2D eigenvalue weighted by Gasteiger charge is 1.95. The lowest BCUT2D eigenvalue weighted by Crippen LogP contribution is -1.93. The van der Waals surface area contributed by atoms with Gasteiger partial charge in [0.2, 0.25) is 0 Å². The minimum Gasteiger partial charge on any atom is -0.481 e. The summed E-state index contributed by atoms with van der Waals surface area (Å²) in [4.78, 5) is 10.3. The molecular formula is C18H28O2. The van der Waals surface area contributed by atoms with E-state index in [4.69, 9.17) is 5.11 Å². The van der Waals surface area contributed by atoms with Crippen LogP contribution in [0.15, 0.2) is 24.3 Å². The Kier molecular flexibility index (Phi) is 14.4. The molecule has 0 radical (unpaired) electrons. The number of unbranched alkanes of at least 4 members (excludes halogenated alkanes) is 6. The van der Waals surface area contributed by atoms with E-state index in [1.165, 1.54) is 19.3 Å². The van der Waals surface area contributed by atoms with Crippen LogP contribution in [-0.2, 0) is 4.79 Å². The van der Waals surface area contributed by atoms with Gasteiger partial charge in [-0.15, -0.1) is 0 Å². The highest BCUT2D eigenvalue weighted by Crippen LogP contribution is 2.07. The van der Waals surface area contributed by atoms with E-state index in [1.54, 1.807) is 0 Å². The van der Waals surface area contributed by atoms with Crippen molar-refractivity contribution >= 4 is 5.97 Å². The molecule has 2 nitrogen and oxygen atoms in total. The third-order valence-electron chi connectivity index (χ3n) is 2.91. The Labute approximate surface area is 124 Å². The minimum atomic E-state index is -0.682. The van der Waals surface area contributed by atoms with Gasteiger partial charge in [0, 0.05) is 12.8 Å². The van der Waals surface area contributed by atoms with Gasteiger partial charge in [0.15, 0.2) is 0 Å². The summed E-state index contributed by atoms with van der Waals surface area (Å²) in [6.07, 6.45) is 18.3. The maximum absolute atomic E-state index is 10.3. The molecule has 0 saturated heterocycles. The van der Waals surface area contributed by atoms with Gasteiger partial charge in [-0.05, 0) is 31.8 Å². The van der Waals surface area contributed by atoms with E-state index in [9.17, 15) is 4.79 Å². The fourth-order valence-electron chi connectivity index (χ4n) is 1.76. The Balaban J connectivity index is 3.29. The minimum absolute atomic E-state index is 0.311. The molecule has 0 aromatic heterocycles. The zero-order valence-corrected chi connectivity index (χ0v) is 12.7. The number of carbonyl (C=O) groups is 1. The predicted octanol–water partition coefficient (Wildman–Crippen LogP) is 5.11. The van der Waals surface area contributed by atoms with Crippen LogP contribution < -0.4 is 0 Å². The average molecular weight is 276 g/mol. The van der Waals surface area contributed by atoms with E-state index in [1.807, 2.05) is 6.08 Å². The lowest BCUT2D eigenvalue weighted by Gasteiger charge is -1.97. The fourth-order valence-corrected chi connectivity index (χ4v) is 1.76. The third kappa shape index (κ3) is 16.5. The van der Waals surface area contributed by atoms with E-state index in [0.717, 1.165) is 38.5 Å². The van der Waals surface area contributed by atoms with E-state index in [0.29, 0.717) is 6.42 Å². The van der Waals surface area contributed by atoms with Gasteiger partial charge in [0.1, 0.15) is 0 Å². The Hall–Kier alpha value is -1.49. The largest absolute Gasteiger partial charge is 0.481 e. The fraction of sp³-hybridized carbons (Fsp3) is 0.611. The molecule has 0 saturated carbocycles. The highest BCUT2D eigenvalue weighted by atomic mass is 16.4. The summed E-state index contributed by atoms with van der Waals surface area (Å²) in [6.45, 7) is 2.16. The second-order valence-electron chi connectivity index (χ2n) is 4.89. The summed E-state index contributed by atoms with van der Waals surface area (Å²) in [5, 5.41) is 8.49. The van der Waals surface area contributed by atoms with Gasteiger partial charge in [0.05, 0.1) is 0 Å². The van der Waals surface area contributed by atoms with E-state index < -0.39 is 5.97 Å². The van der Waals surface area contributed by atoms with Crippen molar-refractivity contribution in [1.82, 2.24) is 0 Å². The normalized spacial score (nSPS) is 10.8. The first-order chi connectivity index (χ1) is 9.77. The van der Waals surface area contributed by atoms with Crippen LogP contribution in [-0.4, -0.2) is 11.1 Å². The number of aliphatic carboxylic acids is 1. The lowest BCUT2D eigenvalue weighted by molar-refractivity contribution is -0.137. The highest BCUT2D eigenvalue weighted by molar-refractivity contribution is 5.66. The van der Waals surface area contributed by atoms with Crippen molar-refractivity contribution in [2.45, 2.75) is 71.1 Å². The maximum atomic E-state index is 10.3. The zero-order chi connectivity index (χ0) is 14.9. The van der Waals surface area contributed by atoms with Crippen LogP contribution in [0, 0.1) is 11.8 Å². The molecule has 0 spiro atoms. The molecule has 0 fully saturated rings. The smallest absolute Gasteiger partial charge is 0.303 e. The number of hydrogen-bond donors (Lipinski definition) is 1. The van der Waals surface area contributed by atoms with Crippen molar-refractivity contribution in [2.24, 2.45) is 0 Å². The van der Waals surface area contributed by atoms with Crippen LogP contribution >= 0.6 is 0 Å². The van der Waals surface area contributed by atoms with Gasteiger partial charge in [0.25, 0.3) is 0 Å². The molecule has 0 aromatic rings. The summed E-state index contributed by atoms with van der Waals surface area (Å²) in [7, 11) is 0. The number of carboxylic acid groups (broad SMARTS) is 1. The first-order valence-corrected chi connectivity index (χ1v) is 7.77. The molecule has 20 heavy (non-hydrogen) atoms. The quantitative estimate of drug-likeness (QED) is 0.323. The SMILES string of the molecule is CCC/C=C\C#CC/C=C\CCCCCCCC(=O)O. The van der Waals surface area contributed by atoms with Gasteiger partial charge >= 0.3 is 5.97 Å². The summed E-state index contributed by atoms with van der Waals surface area (Å²) in [5.74, 6) is 5.44. The molecule has 0 aromatic carbocycles. The summed E-state index contributed by atoms with van der Waals surface area (Å²) in [5.41, 5.74) is 0. The number of rotatable bonds is 11. The number of carboxylic acids is 1. The number of allylic oxidation sites excluding steroid dienone is 4. The van der Waals surface area contributed by atoms with Crippen LogP contribution in [0.5, 0.6) is 0 Å². The van der Waals surface area contributed by atoms with Gasteiger partial charge in [-0.25, -0.2) is 0 Å². The topological polar surface area (TPSA) is 37.3 Å². The molecule has 0 amide bonds. The molecule has 0 aliphatic carbocycles. The van der Waals surface area contributed by atoms with Crippen LogP contribution in [0.1, 0.15) is 71.1 Å². The Morgan fingerprint density at radius 1 is 1.00 bits per heavy atom. The van der Waals surface area contributed by atoms with Crippen molar-refractivity contribution < 1.29 is 9.90 Å². The standard InChI is InChI=1S/C18H28O2/c1-2-3-4-5-6-7-8-9-10-11-12-13-14-15-16-17-18(19)20/h4-5,9-10H,2-3,8,11-17H2,1H3,(H,19,20)/b5-4-,10-9-. The van der Waals surface area contributed by atoms with E-state index in [-0.39, 0.29) is 0 Å². The Morgan fingerprint density at radius 2 is 1.75 bits per heavy atom. The molecule has 1 N–H and O–H groups in total. The first-order valence-electron chi connectivity index (χ1n) is 7.77. The predicted molar refractivity (Wildman–Crippen MR) is 85.5 cm³/mol. The lowest BCUT2D eigenvalue weighted by atomic mass is 10.1. The van der Waals surface area contributed by atoms with Crippen molar-refractivity contribution in [1.29, 1.82) is 0 Å². The molecule has 0 unspecified atom stereocenters. The van der Waals surface area contributed by atoms with Crippen LogP contribution in [0.2, 0.25) is 0 Å². The molecule has 112 valence electrons. The van der Waals surface area contributed by atoms with Crippen LogP contribution in [0.3, 0.4) is 0 Å². The van der Waals surface area contributed by atoms with Crippen LogP contribution in [0.4, 0.5) is 0 Å². The molecule has 0 bridgehead atoms. The molecular weight excluding hydrogens is 248 g/mol. The van der Waals surface area contributed by atoms with Gasteiger partial charge in [-0.3, -0.25) is 4.79 Å². The van der Waals surface area contributed by atoms with Crippen molar-refractivity contribution in [2.75, 3.05) is 0 Å². The molecule has 0 aliphatic rings. The van der Waals surface area contributed by atoms with Crippen LogP contribution in [0.25, 0.3) is 0 Å². The molecule has 2 heteroatoms. The van der Waals surface area contributed by atoms with E-state index in [2.05, 4.69) is 37.0 Å². The molecule has 0 heterocycles. The zero-order valence-electron chi connectivity index (χ0n) is 12.7. The van der Waals surface area contributed by atoms with Crippen molar-refractivity contribution in [3.8, 4) is 11.8 Å². The number of hydrogen-bond acceptors (Lipinski definition) is 1.